The third-order valence-corrected chi connectivity index (χ3v) is 3.37. The number of carbonyl (C=O) groups excluding carboxylic acids is 1. The van der Waals surface area contributed by atoms with Crippen molar-refractivity contribution < 1.29 is 14.7 Å². The molecule has 104 valence electrons. The predicted molar refractivity (Wildman–Crippen MR) is 73.6 cm³/mol. The number of hydrogen-bond donors (Lipinski definition) is 1. The van der Waals surface area contributed by atoms with Crippen LogP contribution in [0.5, 0.6) is 0 Å². The molecule has 6 nitrogen and oxygen atoms in total. The van der Waals surface area contributed by atoms with Crippen LogP contribution < -0.4 is 9.80 Å². The zero-order valence-electron chi connectivity index (χ0n) is 11.2. The number of carboxylic acid groups (broad SMARTS) is 1. The molecule has 0 fully saturated rings. The Bertz CT molecular complexity index is 592. The van der Waals surface area contributed by atoms with Gasteiger partial charge in [-0.15, -0.1) is 0 Å². The van der Waals surface area contributed by atoms with Gasteiger partial charge in [-0.3, -0.25) is 9.59 Å². The second-order valence-corrected chi connectivity index (χ2v) is 4.65. The molecule has 0 atom stereocenters. The standard InChI is InChI=1S/C14H15N3O3/c1-16-11-3-2-10(9-15)8-12(11)17(6-4-13(16)18)7-5-14(19)20/h2-3,8H,4-7H2,1H3,(H,19,20). The van der Waals surface area contributed by atoms with E-state index in [4.69, 9.17) is 10.4 Å². The van der Waals surface area contributed by atoms with Crippen molar-refractivity contribution in [1.82, 2.24) is 0 Å². The van der Waals surface area contributed by atoms with Crippen LogP contribution in [0.1, 0.15) is 18.4 Å². The van der Waals surface area contributed by atoms with E-state index in [-0.39, 0.29) is 12.3 Å². The summed E-state index contributed by atoms with van der Waals surface area (Å²) in [4.78, 5) is 26.1. The smallest absolute Gasteiger partial charge is 0.305 e. The average Bonchev–Trinajstić information content (AvgIpc) is 2.55. The summed E-state index contributed by atoms with van der Waals surface area (Å²) in [6.45, 7) is 0.774. The van der Waals surface area contributed by atoms with Crippen molar-refractivity contribution in [3.63, 3.8) is 0 Å². The minimum atomic E-state index is -0.882. The molecule has 0 spiro atoms. The highest BCUT2D eigenvalue weighted by Gasteiger charge is 2.24. The first-order valence-corrected chi connectivity index (χ1v) is 6.30. The van der Waals surface area contributed by atoms with Crippen LogP contribution in [-0.2, 0) is 9.59 Å². The van der Waals surface area contributed by atoms with Gasteiger partial charge in [0.15, 0.2) is 0 Å². The molecule has 0 radical (unpaired) electrons. The summed E-state index contributed by atoms with van der Waals surface area (Å²) in [6.07, 6.45) is 0.320. The molecule has 0 unspecified atom stereocenters. The van der Waals surface area contributed by atoms with E-state index in [1.165, 1.54) is 0 Å². The Kier molecular flexibility index (Phi) is 3.89. The van der Waals surface area contributed by atoms with Crippen molar-refractivity contribution in [3.8, 4) is 6.07 Å². The first-order valence-electron chi connectivity index (χ1n) is 6.30. The minimum Gasteiger partial charge on any atom is -0.481 e. The molecule has 0 bridgehead atoms. The van der Waals surface area contributed by atoms with Crippen LogP contribution in [0.3, 0.4) is 0 Å². The Balaban J connectivity index is 2.41. The Labute approximate surface area is 116 Å². The van der Waals surface area contributed by atoms with Gasteiger partial charge in [-0.1, -0.05) is 0 Å². The lowest BCUT2D eigenvalue weighted by Gasteiger charge is -2.25. The van der Waals surface area contributed by atoms with Crippen LogP contribution in [0.25, 0.3) is 0 Å². The van der Waals surface area contributed by atoms with E-state index in [9.17, 15) is 9.59 Å². The van der Waals surface area contributed by atoms with Gasteiger partial charge < -0.3 is 14.9 Å². The molecule has 1 heterocycles. The molecular weight excluding hydrogens is 258 g/mol. The maximum Gasteiger partial charge on any atom is 0.305 e. The Morgan fingerprint density at radius 3 is 2.85 bits per heavy atom. The third kappa shape index (κ3) is 2.72. The zero-order valence-corrected chi connectivity index (χ0v) is 11.2. The van der Waals surface area contributed by atoms with Gasteiger partial charge in [-0.2, -0.15) is 5.26 Å². The van der Waals surface area contributed by atoms with E-state index in [0.717, 1.165) is 5.69 Å². The number of anilines is 2. The van der Waals surface area contributed by atoms with Crippen molar-refractivity contribution in [2.75, 3.05) is 29.9 Å². The van der Waals surface area contributed by atoms with E-state index in [1.54, 1.807) is 30.1 Å². The largest absolute Gasteiger partial charge is 0.481 e. The van der Waals surface area contributed by atoms with Gasteiger partial charge in [-0.05, 0) is 18.2 Å². The second-order valence-electron chi connectivity index (χ2n) is 4.65. The SMILES string of the molecule is CN1C(=O)CCN(CCC(=O)O)c2cc(C#N)ccc21. The first-order chi connectivity index (χ1) is 9.52. The number of hydrogen-bond acceptors (Lipinski definition) is 4. The van der Waals surface area contributed by atoms with Crippen LogP contribution in [0.2, 0.25) is 0 Å². The predicted octanol–water partition coefficient (Wildman–Crippen LogP) is 1.21. The number of fused-ring (bicyclic) bond motifs is 1. The quantitative estimate of drug-likeness (QED) is 0.894. The van der Waals surface area contributed by atoms with Crippen LogP contribution >= 0.6 is 0 Å². The monoisotopic (exact) mass is 273 g/mol. The molecule has 2 rings (SSSR count). The molecule has 6 heteroatoms. The van der Waals surface area contributed by atoms with E-state index in [1.807, 2.05) is 4.90 Å². The van der Waals surface area contributed by atoms with Gasteiger partial charge in [-0.25, -0.2) is 0 Å². The van der Waals surface area contributed by atoms with Gasteiger partial charge in [0.1, 0.15) is 0 Å². The molecule has 20 heavy (non-hydrogen) atoms. The molecule has 0 aromatic heterocycles. The van der Waals surface area contributed by atoms with Crippen LogP contribution in [0.4, 0.5) is 11.4 Å². The van der Waals surface area contributed by atoms with Crippen LogP contribution in [-0.4, -0.2) is 37.1 Å². The topological polar surface area (TPSA) is 84.6 Å². The molecule has 0 saturated carbocycles. The minimum absolute atomic E-state index is 0.00583. The number of benzene rings is 1. The van der Waals surface area contributed by atoms with Crippen LogP contribution in [0.15, 0.2) is 18.2 Å². The molecule has 0 saturated heterocycles. The van der Waals surface area contributed by atoms with E-state index < -0.39 is 5.97 Å². The lowest BCUT2D eigenvalue weighted by Crippen LogP contribution is -2.27. The number of carboxylic acids is 1. The first kappa shape index (κ1) is 13.9. The summed E-state index contributed by atoms with van der Waals surface area (Å²) in [5.74, 6) is -0.902. The van der Waals surface area contributed by atoms with Gasteiger partial charge in [0.05, 0.1) is 29.4 Å². The second kappa shape index (κ2) is 5.61. The Morgan fingerprint density at radius 2 is 2.20 bits per heavy atom. The fraction of sp³-hybridized carbons (Fsp3) is 0.357. The number of carbonyl (C=O) groups is 2. The highest BCUT2D eigenvalue weighted by Crippen LogP contribution is 2.32. The summed E-state index contributed by atoms with van der Waals surface area (Å²) in [6, 6.07) is 7.15. The van der Waals surface area contributed by atoms with Crippen molar-refractivity contribution in [3.05, 3.63) is 23.8 Å². The summed E-state index contributed by atoms with van der Waals surface area (Å²) in [5, 5.41) is 17.8. The normalized spacial score (nSPS) is 14.5. The fourth-order valence-electron chi connectivity index (χ4n) is 2.25. The number of nitriles is 1. The van der Waals surface area contributed by atoms with E-state index in [2.05, 4.69) is 6.07 Å². The molecule has 1 N–H and O–H groups in total. The fourth-order valence-corrected chi connectivity index (χ4v) is 2.25. The molecule has 0 aliphatic carbocycles. The van der Waals surface area contributed by atoms with Crippen molar-refractivity contribution in [2.45, 2.75) is 12.8 Å². The maximum absolute atomic E-state index is 11.9. The molecule has 1 aromatic carbocycles. The van der Waals surface area contributed by atoms with Gasteiger partial charge in [0.2, 0.25) is 5.91 Å². The number of rotatable bonds is 3. The van der Waals surface area contributed by atoms with E-state index in [0.29, 0.717) is 30.8 Å². The maximum atomic E-state index is 11.9. The lowest BCUT2D eigenvalue weighted by atomic mass is 10.1. The Hall–Kier alpha value is -2.55. The molecule has 1 aromatic rings. The third-order valence-electron chi connectivity index (χ3n) is 3.37. The van der Waals surface area contributed by atoms with E-state index >= 15 is 0 Å². The van der Waals surface area contributed by atoms with Crippen molar-refractivity contribution in [1.29, 1.82) is 5.26 Å². The summed E-state index contributed by atoms with van der Waals surface area (Å²) in [7, 11) is 1.69. The van der Waals surface area contributed by atoms with Gasteiger partial charge in [0, 0.05) is 26.6 Å². The lowest BCUT2D eigenvalue weighted by molar-refractivity contribution is -0.136. The molecule has 1 amide bonds. The number of amides is 1. The average molecular weight is 273 g/mol. The Morgan fingerprint density at radius 1 is 1.45 bits per heavy atom. The highest BCUT2D eigenvalue weighted by atomic mass is 16.4. The zero-order chi connectivity index (χ0) is 14.7. The highest BCUT2D eigenvalue weighted by molar-refractivity contribution is 5.98. The van der Waals surface area contributed by atoms with Gasteiger partial charge >= 0.3 is 5.97 Å². The number of aliphatic carboxylic acids is 1. The van der Waals surface area contributed by atoms with Crippen molar-refractivity contribution >= 4 is 23.3 Å². The molecule has 1 aliphatic heterocycles. The number of nitrogens with zero attached hydrogens (tertiary/aromatic N) is 3. The molecule has 1 aliphatic rings. The summed E-state index contributed by atoms with van der Waals surface area (Å²) >= 11 is 0. The van der Waals surface area contributed by atoms with Crippen LogP contribution in [0, 0.1) is 11.3 Å². The summed E-state index contributed by atoms with van der Waals surface area (Å²) in [5.41, 5.74) is 1.93. The van der Waals surface area contributed by atoms with Gasteiger partial charge in [0.25, 0.3) is 0 Å². The van der Waals surface area contributed by atoms with Crippen molar-refractivity contribution in [2.24, 2.45) is 0 Å². The molecular formula is C14H15N3O3. The summed E-state index contributed by atoms with van der Waals surface area (Å²) < 4.78 is 0.